The van der Waals surface area contributed by atoms with E-state index in [1.807, 2.05) is 25.2 Å². The van der Waals surface area contributed by atoms with Crippen LogP contribution < -0.4 is 4.90 Å². The van der Waals surface area contributed by atoms with Crippen molar-refractivity contribution < 1.29 is 9.53 Å². The van der Waals surface area contributed by atoms with Crippen LogP contribution in [-0.4, -0.2) is 29.1 Å². The molecule has 1 aliphatic rings. The van der Waals surface area contributed by atoms with Gasteiger partial charge in [-0.2, -0.15) is 0 Å². The normalized spacial score (nSPS) is 14.0. The highest BCUT2D eigenvalue weighted by atomic mass is 32.1. The molecule has 0 amide bonds. The van der Waals surface area contributed by atoms with Crippen molar-refractivity contribution in [2.45, 2.75) is 26.8 Å². The van der Waals surface area contributed by atoms with Gasteiger partial charge in [0.2, 0.25) is 0 Å². The summed E-state index contributed by atoms with van der Waals surface area (Å²) in [6.07, 6.45) is 2.62. The molecular formula is C17H17N3O2S2. The monoisotopic (exact) mass is 359 g/mol. The lowest BCUT2D eigenvalue weighted by atomic mass is 10.1. The molecule has 4 heterocycles. The molecule has 0 saturated carbocycles. The number of hydrogen-bond donors (Lipinski definition) is 0. The van der Waals surface area contributed by atoms with Gasteiger partial charge in [-0.3, -0.25) is 0 Å². The first-order valence-corrected chi connectivity index (χ1v) is 9.60. The Morgan fingerprint density at radius 2 is 2.29 bits per heavy atom. The topological polar surface area (TPSA) is 55.3 Å². The number of esters is 1. The number of aryl methyl sites for hydroxylation is 1. The SMILES string of the molecule is CCOC(=O)c1sc2ncnc(N3CCc4sccc4C3)c2c1C. The van der Waals surface area contributed by atoms with Gasteiger partial charge in [-0.1, -0.05) is 0 Å². The Labute approximate surface area is 147 Å². The highest BCUT2D eigenvalue weighted by molar-refractivity contribution is 7.20. The smallest absolute Gasteiger partial charge is 0.348 e. The highest BCUT2D eigenvalue weighted by Crippen LogP contribution is 2.37. The van der Waals surface area contributed by atoms with Crippen molar-refractivity contribution in [3.63, 3.8) is 0 Å². The Bertz CT molecular complexity index is 916. The van der Waals surface area contributed by atoms with Crippen LogP contribution in [0.1, 0.15) is 32.6 Å². The number of rotatable bonds is 3. The van der Waals surface area contributed by atoms with E-state index >= 15 is 0 Å². The number of carbonyl (C=O) groups excluding carboxylic acids is 1. The maximum absolute atomic E-state index is 12.2. The van der Waals surface area contributed by atoms with Crippen molar-refractivity contribution in [3.8, 4) is 0 Å². The van der Waals surface area contributed by atoms with Gasteiger partial charge in [0.1, 0.15) is 21.9 Å². The molecule has 0 unspecified atom stereocenters. The Balaban J connectivity index is 1.78. The fourth-order valence-electron chi connectivity index (χ4n) is 3.11. The molecule has 0 aromatic carbocycles. The lowest BCUT2D eigenvalue weighted by Gasteiger charge is -2.28. The van der Waals surface area contributed by atoms with E-state index in [0.29, 0.717) is 11.5 Å². The van der Waals surface area contributed by atoms with E-state index in [1.54, 1.807) is 6.33 Å². The van der Waals surface area contributed by atoms with E-state index < -0.39 is 0 Å². The maximum Gasteiger partial charge on any atom is 0.348 e. The van der Waals surface area contributed by atoms with Crippen LogP contribution in [0.4, 0.5) is 5.82 Å². The second kappa shape index (κ2) is 6.14. The van der Waals surface area contributed by atoms with Crippen LogP contribution in [-0.2, 0) is 17.7 Å². The maximum atomic E-state index is 12.2. The number of hydrogen-bond acceptors (Lipinski definition) is 7. The lowest BCUT2D eigenvalue weighted by molar-refractivity contribution is 0.0531. The Morgan fingerprint density at radius 3 is 3.12 bits per heavy atom. The molecule has 3 aromatic heterocycles. The van der Waals surface area contributed by atoms with E-state index in [4.69, 9.17) is 4.74 Å². The van der Waals surface area contributed by atoms with Gasteiger partial charge < -0.3 is 9.64 Å². The number of aromatic nitrogens is 2. The molecule has 1 aliphatic heterocycles. The summed E-state index contributed by atoms with van der Waals surface area (Å²) in [5.41, 5.74) is 2.29. The van der Waals surface area contributed by atoms with Gasteiger partial charge in [-0.15, -0.1) is 22.7 Å². The number of nitrogens with zero attached hydrogens (tertiary/aromatic N) is 3. The van der Waals surface area contributed by atoms with Crippen molar-refractivity contribution in [2.75, 3.05) is 18.1 Å². The third-order valence-electron chi connectivity index (χ3n) is 4.27. The van der Waals surface area contributed by atoms with Crippen molar-refractivity contribution in [3.05, 3.63) is 38.7 Å². The zero-order valence-corrected chi connectivity index (χ0v) is 15.2. The van der Waals surface area contributed by atoms with E-state index in [-0.39, 0.29) is 5.97 Å². The minimum atomic E-state index is -0.275. The van der Waals surface area contributed by atoms with Crippen molar-refractivity contribution in [1.29, 1.82) is 0 Å². The molecular weight excluding hydrogens is 342 g/mol. The largest absolute Gasteiger partial charge is 0.462 e. The van der Waals surface area contributed by atoms with Crippen LogP contribution in [0, 0.1) is 6.92 Å². The van der Waals surface area contributed by atoms with Gasteiger partial charge in [0.25, 0.3) is 0 Å². The Kier molecular flexibility index (Phi) is 3.97. The molecule has 0 atom stereocenters. The number of anilines is 1. The van der Waals surface area contributed by atoms with Crippen LogP contribution in [0.5, 0.6) is 0 Å². The molecule has 0 saturated heterocycles. The van der Waals surface area contributed by atoms with Gasteiger partial charge in [0.05, 0.1) is 12.0 Å². The minimum absolute atomic E-state index is 0.275. The zero-order chi connectivity index (χ0) is 16.7. The Hall–Kier alpha value is -1.99. The lowest BCUT2D eigenvalue weighted by Crippen LogP contribution is -2.30. The van der Waals surface area contributed by atoms with Crippen molar-refractivity contribution in [1.82, 2.24) is 9.97 Å². The van der Waals surface area contributed by atoms with E-state index in [1.165, 1.54) is 21.8 Å². The molecule has 0 bridgehead atoms. The first-order chi connectivity index (χ1) is 11.7. The first-order valence-electron chi connectivity index (χ1n) is 7.90. The fourth-order valence-corrected chi connectivity index (χ4v) is 5.04. The van der Waals surface area contributed by atoms with E-state index in [9.17, 15) is 4.79 Å². The van der Waals surface area contributed by atoms with Gasteiger partial charge in [-0.25, -0.2) is 14.8 Å². The number of carbonyl (C=O) groups is 1. The summed E-state index contributed by atoms with van der Waals surface area (Å²) in [6.45, 7) is 5.94. The summed E-state index contributed by atoms with van der Waals surface area (Å²) in [5.74, 6) is 0.642. The average Bonchev–Trinajstić information content (AvgIpc) is 3.19. The summed E-state index contributed by atoms with van der Waals surface area (Å²) < 4.78 is 5.17. The summed E-state index contributed by atoms with van der Waals surface area (Å²) in [6, 6.07) is 2.19. The van der Waals surface area contributed by atoms with Gasteiger partial charge in [0.15, 0.2) is 0 Å². The summed E-state index contributed by atoms with van der Waals surface area (Å²) in [7, 11) is 0. The Morgan fingerprint density at radius 1 is 1.42 bits per heavy atom. The van der Waals surface area contributed by atoms with Crippen LogP contribution in [0.25, 0.3) is 10.2 Å². The third kappa shape index (κ3) is 2.48. The van der Waals surface area contributed by atoms with Crippen molar-refractivity contribution >= 4 is 44.7 Å². The fraction of sp³-hybridized carbons (Fsp3) is 0.353. The third-order valence-corrected chi connectivity index (χ3v) is 6.48. The van der Waals surface area contributed by atoms with E-state index in [0.717, 1.165) is 41.1 Å². The molecule has 3 aromatic rings. The highest BCUT2D eigenvalue weighted by Gasteiger charge is 2.25. The quantitative estimate of drug-likeness (QED) is 0.666. The van der Waals surface area contributed by atoms with Gasteiger partial charge in [-0.05, 0) is 42.8 Å². The molecule has 0 N–H and O–H groups in total. The number of ether oxygens (including phenoxy) is 1. The predicted molar refractivity (Wildman–Crippen MR) is 97.2 cm³/mol. The molecule has 124 valence electrons. The second-order valence-corrected chi connectivity index (χ2v) is 7.69. The molecule has 7 heteroatoms. The number of thiophene rings is 2. The van der Waals surface area contributed by atoms with Gasteiger partial charge >= 0.3 is 5.97 Å². The van der Waals surface area contributed by atoms with Crippen LogP contribution >= 0.6 is 22.7 Å². The molecule has 4 rings (SSSR count). The molecule has 0 radical (unpaired) electrons. The standard InChI is InChI=1S/C17H17N3O2S2/c1-3-22-17(21)14-10(2)13-15(18-9-19-16(13)24-14)20-6-4-12-11(8-20)5-7-23-12/h5,7,9H,3-4,6,8H2,1-2H3. The minimum Gasteiger partial charge on any atom is -0.462 e. The summed E-state index contributed by atoms with van der Waals surface area (Å²) in [5, 5.41) is 3.13. The summed E-state index contributed by atoms with van der Waals surface area (Å²) >= 11 is 3.21. The predicted octanol–water partition coefficient (Wildman–Crippen LogP) is 3.80. The van der Waals surface area contributed by atoms with E-state index in [2.05, 4.69) is 26.3 Å². The molecule has 0 spiro atoms. The molecule has 0 aliphatic carbocycles. The van der Waals surface area contributed by atoms with Crippen LogP contribution in [0.3, 0.4) is 0 Å². The average molecular weight is 359 g/mol. The molecule has 0 fully saturated rings. The van der Waals surface area contributed by atoms with Crippen LogP contribution in [0.2, 0.25) is 0 Å². The zero-order valence-electron chi connectivity index (χ0n) is 13.5. The first kappa shape index (κ1) is 15.5. The van der Waals surface area contributed by atoms with Crippen molar-refractivity contribution in [2.24, 2.45) is 0 Å². The van der Waals surface area contributed by atoms with Crippen LogP contribution in [0.15, 0.2) is 17.8 Å². The van der Waals surface area contributed by atoms with Gasteiger partial charge in [0, 0.05) is 18.0 Å². The molecule has 24 heavy (non-hydrogen) atoms. The summed E-state index contributed by atoms with van der Waals surface area (Å²) in [4.78, 5) is 26.3. The number of fused-ring (bicyclic) bond motifs is 2. The molecule has 5 nitrogen and oxygen atoms in total. The second-order valence-electron chi connectivity index (χ2n) is 5.69.